The van der Waals surface area contributed by atoms with Crippen molar-refractivity contribution in [2.75, 3.05) is 32.8 Å². The number of piperazine rings is 1. The van der Waals surface area contributed by atoms with Gasteiger partial charge in [0.1, 0.15) is 0 Å². The number of nitrogens with zero attached hydrogens (tertiary/aromatic N) is 1. The average molecular weight is 256 g/mol. The van der Waals surface area contributed by atoms with Crippen LogP contribution in [0.5, 0.6) is 0 Å². The number of ether oxygens (including phenoxy) is 1. The summed E-state index contributed by atoms with van der Waals surface area (Å²) < 4.78 is 5.72. The smallest absolute Gasteiger partial charge is 0.0593 e. The van der Waals surface area contributed by atoms with Crippen LogP contribution >= 0.6 is 0 Å². The summed E-state index contributed by atoms with van der Waals surface area (Å²) in [6.07, 6.45) is 1.22. The van der Waals surface area contributed by atoms with Gasteiger partial charge in [0.05, 0.1) is 6.61 Å². The van der Waals surface area contributed by atoms with E-state index in [1.165, 1.54) is 13.0 Å². The van der Waals surface area contributed by atoms with Gasteiger partial charge in [0.25, 0.3) is 0 Å². The number of hydrogen-bond donors (Lipinski definition) is 1. The Morgan fingerprint density at radius 1 is 1.28 bits per heavy atom. The van der Waals surface area contributed by atoms with Crippen LogP contribution in [0.3, 0.4) is 0 Å². The molecule has 0 saturated carbocycles. The molecule has 1 heterocycles. The molecule has 1 N–H and O–H groups in total. The van der Waals surface area contributed by atoms with E-state index in [9.17, 15) is 0 Å². The van der Waals surface area contributed by atoms with Crippen LogP contribution in [0, 0.1) is 11.8 Å². The van der Waals surface area contributed by atoms with Crippen molar-refractivity contribution in [1.29, 1.82) is 0 Å². The SMILES string of the molecule is CCC1CNC(C(C)C)CN1CCOCC(C)C. The largest absolute Gasteiger partial charge is 0.380 e. The van der Waals surface area contributed by atoms with Crippen molar-refractivity contribution in [2.45, 2.75) is 53.1 Å². The predicted octanol–water partition coefficient (Wildman–Crippen LogP) is 2.37. The van der Waals surface area contributed by atoms with Crippen LogP contribution in [0.1, 0.15) is 41.0 Å². The van der Waals surface area contributed by atoms with Gasteiger partial charge in [0.15, 0.2) is 0 Å². The molecule has 1 rings (SSSR count). The molecule has 2 unspecified atom stereocenters. The number of nitrogens with one attached hydrogen (secondary N) is 1. The molecule has 0 radical (unpaired) electrons. The quantitative estimate of drug-likeness (QED) is 0.708. The van der Waals surface area contributed by atoms with Gasteiger partial charge in [0.2, 0.25) is 0 Å². The van der Waals surface area contributed by atoms with Crippen LogP contribution in [0.2, 0.25) is 0 Å². The molecule has 0 aromatic carbocycles. The lowest BCUT2D eigenvalue weighted by molar-refractivity contribution is 0.0487. The fourth-order valence-corrected chi connectivity index (χ4v) is 2.51. The highest BCUT2D eigenvalue weighted by atomic mass is 16.5. The van der Waals surface area contributed by atoms with Gasteiger partial charge in [0, 0.05) is 38.3 Å². The fraction of sp³-hybridized carbons (Fsp3) is 1.00. The zero-order valence-corrected chi connectivity index (χ0v) is 12.9. The molecule has 2 atom stereocenters. The molecule has 0 aromatic rings. The van der Waals surface area contributed by atoms with Crippen molar-refractivity contribution < 1.29 is 4.74 Å². The van der Waals surface area contributed by atoms with E-state index in [2.05, 4.69) is 44.8 Å². The van der Waals surface area contributed by atoms with Crippen molar-refractivity contribution in [1.82, 2.24) is 10.2 Å². The van der Waals surface area contributed by atoms with E-state index < -0.39 is 0 Å². The minimum absolute atomic E-state index is 0.637. The van der Waals surface area contributed by atoms with Gasteiger partial charge in [-0.15, -0.1) is 0 Å². The minimum Gasteiger partial charge on any atom is -0.380 e. The first kappa shape index (κ1) is 15.9. The molecule has 18 heavy (non-hydrogen) atoms. The summed E-state index contributed by atoms with van der Waals surface area (Å²) in [7, 11) is 0. The lowest BCUT2D eigenvalue weighted by atomic mass is 9.98. The second kappa shape index (κ2) is 8.13. The fourth-order valence-electron chi connectivity index (χ4n) is 2.51. The summed E-state index contributed by atoms with van der Waals surface area (Å²) in [5, 5.41) is 3.68. The summed E-state index contributed by atoms with van der Waals surface area (Å²) in [4.78, 5) is 2.61. The maximum absolute atomic E-state index is 5.72. The van der Waals surface area contributed by atoms with Gasteiger partial charge in [-0.25, -0.2) is 0 Å². The molecule has 0 aromatic heterocycles. The van der Waals surface area contributed by atoms with E-state index in [-0.39, 0.29) is 0 Å². The third-order valence-electron chi connectivity index (χ3n) is 3.81. The molecule has 0 amide bonds. The standard InChI is InChI=1S/C15H32N2O/c1-6-14-9-16-15(13(4)5)10-17(14)7-8-18-11-12(2)3/h12-16H,6-11H2,1-5H3. The lowest BCUT2D eigenvalue weighted by Crippen LogP contribution is -2.58. The molecule has 1 aliphatic rings. The summed E-state index contributed by atoms with van der Waals surface area (Å²) in [6.45, 7) is 16.4. The predicted molar refractivity (Wildman–Crippen MR) is 77.9 cm³/mol. The van der Waals surface area contributed by atoms with Crippen LogP contribution in [-0.4, -0.2) is 49.8 Å². The molecule has 108 valence electrons. The maximum atomic E-state index is 5.72. The van der Waals surface area contributed by atoms with Crippen molar-refractivity contribution in [2.24, 2.45) is 11.8 Å². The Kier molecular flexibility index (Phi) is 7.20. The molecule has 0 bridgehead atoms. The van der Waals surface area contributed by atoms with Crippen molar-refractivity contribution in [3.05, 3.63) is 0 Å². The van der Waals surface area contributed by atoms with Gasteiger partial charge in [-0.2, -0.15) is 0 Å². The van der Waals surface area contributed by atoms with Crippen LogP contribution < -0.4 is 5.32 Å². The zero-order chi connectivity index (χ0) is 13.5. The normalized spacial score (nSPS) is 26.2. The van der Waals surface area contributed by atoms with Crippen LogP contribution in [-0.2, 0) is 4.74 Å². The summed E-state index contributed by atoms with van der Waals surface area (Å²) in [6, 6.07) is 1.32. The first-order valence-corrected chi connectivity index (χ1v) is 7.59. The molecule has 3 heteroatoms. The molecule has 0 spiro atoms. The molecule has 1 fully saturated rings. The van der Waals surface area contributed by atoms with Crippen molar-refractivity contribution in [3.8, 4) is 0 Å². The zero-order valence-electron chi connectivity index (χ0n) is 12.9. The van der Waals surface area contributed by atoms with Crippen LogP contribution in [0.15, 0.2) is 0 Å². The Hall–Kier alpha value is -0.120. The molecular weight excluding hydrogens is 224 g/mol. The maximum Gasteiger partial charge on any atom is 0.0593 e. The van der Waals surface area contributed by atoms with Crippen molar-refractivity contribution >= 4 is 0 Å². The third-order valence-corrected chi connectivity index (χ3v) is 3.81. The molecule has 3 nitrogen and oxygen atoms in total. The minimum atomic E-state index is 0.637. The molecule has 0 aliphatic carbocycles. The van der Waals surface area contributed by atoms with E-state index in [1.54, 1.807) is 0 Å². The number of rotatable bonds is 7. The Labute approximate surface area is 113 Å². The van der Waals surface area contributed by atoms with E-state index >= 15 is 0 Å². The Morgan fingerprint density at radius 2 is 2.00 bits per heavy atom. The van der Waals surface area contributed by atoms with Gasteiger partial charge < -0.3 is 10.1 Å². The van der Waals surface area contributed by atoms with Gasteiger partial charge >= 0.3 is 0 Å². The van der Waals surface area contributed by atoms with Crippen LogP contribution in [0.4, 0.5) is 0 Å². The van der Waals surface area contributed by atoms with Crippen molar-refractivity contribution in [3.63, 3.8) is 0 Å². The average Bonchev–Trinajstić information content (AvgIpc) is 2.34. The first-order valence-electron chi connectivity index (χ1n) is 7.59. The first-order chi connectivity index (χ1) is 8.54. The molecule has 1 saturated heterocycles. The monoisotopic (exact) mass is 256 g/mol. The van der Waals surface area contributed by atoms with E-state index in [0.717, 1.165) is 26.3 Å². The second-order valence-corrected chi connectivity index (χ2v) is 6.28. The highest BCUT2D eigenvalue weighted by Crippen LogP contribution is 2.14. The molecule has 1 aliphatic heterocycles. The van der Waals surface area contributed by atoms with Crippen LogP contribution in [0.25, 0.3) is 0 Å². The van der Waals surface area contributed by atoms with Gasteiger partial charge in [-0.05, 0) is 18.3 Å². The Balaban J connectivity index is 2.33. The highest BCUT2D eigenvalue weighted by molar-refractivity contribution is 4.86. The topological polar surface area (TPSA) is 24.5 Å². The Bertz CT molecular complexity index is 219. The molecular formula is C15H32N2O. The third kappa shape index (κ3) is 5.25. The Morgan fingerprint density at radius 3 is 2.56 bits per heavy atom. The summed E-state index contributed by atoms with van der Waals surface area (Å²) in [5.41, 5.74) is 0. The number of hydrogen-bond acceptors (Lipinski definition) is 3. The highest BCUT2D eigenvalue weighted by Gasteiger charge is 2.27. The lowest BCUT2D eigenvalue weighted by Gasteiger charge is -2.41. The summed E-state index contributed by atoms with van der Waals surface area (Å²) >= 11 is 0. The second-order valence-electron chi connectivity index (χ2n) is 6.28. The summed E-state index contributed by atoms with van der Waals surface area (Å²) in [5.74, 6) is 1.35. The van der Waals surface area contributed by atoms with Gasteiger partial charge in [-0.1, -0.05) is 34.6 Å². The van der Waals surface area contributed by atoms with Gasteiger partial charge in [-0.3, -0.25) is 4.90 Å². The van der Waals surface area contributed by atoms with E-state index in [0.29, 0.717) is 23.9 Å². The van der Waals surface area contributed by atoms with E-state index in [4.69, 9.17) is 4.74 Å². The van der Waals surface area contributed by atoms with E-state index in [1.807, 2.05) is 0 Å².